The van der Waals surface area contributed by atoms with Gasteiger partial charge in [-0.15, -0.1) is 0 Å². The summed E-state index contributed by atoms with van der Waals surface area (Å²) >= 11 is 0. The number of allylic oxidation sites excluding steroid dienone is 18. The van der Waals surface area contributed by atoms with Crippen LogP contribution in [0.2, 0.25) is 0 Å². The van der Waals surface area contributed by atoms with Crippen LogP contribution in [0.3, 0.4) is 0 Å². The summed E-state index contributed by atoms with van der Waals surface area (Å²) in [7, 11) is -4.64. The van der Waals surface area contributed by atoms with E-state index in [2.05, 4.69) is 123 Å². The molecule has 10 nitrogen and oxygen atoms in total. The molecule has 0 aromatic rings. The molecule has 0 aliphatic heterocycles. The molecule has 0 aliphatic carbocycles. The van der Waals surface area contributed by atoms with E-state index in [1.54, 1.807) is 0 Å². The van der Waals surface area contributed by atoms with Crippen LogP contribution in [0.25, 0.3) is 0 Å². The largest absolute Gasteiger partial charge is 0.480 e. The molecule has 3 unspecified atom stereocenters. The van der Waals surface area contributed by atoms with Crippen LogP contribution in [0.4, 0.5) is 0 Å². The van der Waals surface area contributed by atoms with Gasteiger partial charge < -0.3 is 25.2 Å². The van der Waals surface area contributed by atoms with Gasteiger partial charge in [-0.2, -0.15) is 0 Å². The average Bonchev–Trinajstić information content (AvgIpc) is 3.29. The van der Waals surface area contributed by atoms with Gasteiger partial charge in [-0.3, -0.25) is 18.6 Å². The van der Waals surface area contributed by atoms with E-state index in [4.69, 9.17) is 29.4 Å². The Bertz CT molecular complexity index is 1440. The first-order chi connectivity index (χ1) is 31.7. The van der Waals surface area contributed by atoms with Crippen molar-refractivity contribution in [1.82, 2.24) is 0 Å². The van der Waals surface area contributed by atoms with Gasteiger partial charge in [0.05, 0.1) is 19.8 Å². The minimum Gasteiger partial charge on any atom is -0.480 e. The van der Waals surface area contributed by atoms with Crippen LogP contribution in [0, 0.1) is 0 Å². The van der Waals surface area contributed by atoms with Gasteiger partial charge in [0.2, 0.25) is 0 Å². The normalized spacial score (nSPS) is 14.6. The number of carboxylic acids is 1. The number of hydrogen-bond donors (Lipinski definition) is 3. The molecule has 0 aliphatic rings. The Labute approximate surface area is 395 Å². The lowest BCUT2D eigenvalue weighted by atomic mass is 10.1. The topological polar surface area (TPSA) is 155 Å². The Morgan fingerprint density at radius 2 is 0.892 bits per heavy atom. The fraction of sp³-hybridized carbons (Fsp3) is 0.630. The molecule has 0 aromatic heterocycles. The van der Waals surface area contributed by atoms with E-state index < -0.39 is 45.1 Å². The lowest BCUT2D eigenvalue weighted by Crippen LogP contribution is -2.34. The number of hydrogen-bond acceptors (Lipinski definition) is 8. The molecule has 0 aromatic carbocycles. The van der Waals surface area contributed by atoms with Gasteiger partial charge in [-0.05, 0) is 103 Å². The fourth-order valence-electron chi connectivity index (χ4n) is 6.20. The SMILES string of the molecule is CC/C=C\C/C=C\C/C=C\C/C=C\C/C=C\C/C=C\CCCCCCC(=O)OC(COCCCCCCCCC/C=C\C/C=C\C/C=C\CCCCC)COP(=O)(O)OCC(N)C(=O)O. The van der Waals surface area contributed by atoms with Gasteiger partial charge in [0.1, 0.15) is 12.1 Å². The summed E-state index contributed by atoms with van der Waals surface area (Å²) in [5.74, 6) is -1.82. The van der Waals surface area contributed by atoms with E-state index in [1.807, 2.05) is 0 Å². The second-order valence-electron chi connectivity index (χ2n) is 16.2. The molecule has 4 N–H and O–H groups in total. The van der Waals surface area contributed by atoms with Gasteiger partial charge in [-0.25, -0.2) is 4.57 Å². The molecule has 11 heteroatoms. The lowest BCUT2D eigenvalue weighted by Gasteiger charge is -2.20. The number of carbonyl (C=O) groups is 2. The van der Waals surface area contributed by atoms with Gasteiger partial charge in [0, 0.05) is 13.0 Å². The number of carbonyl (C=O) groups excluding carboxylic acids is 1. The third-order valence-corrected chi connectivity index (χ3v) is 11.0. The molecule has 370 valence electrons. The molecule has 0 saturated heterocycles. The van der Waals surface area contributed by atoms with Gasteiger partial charge >= 0.3 is 19.8 Å². The zero-order chi connectivity index (χ0) is 47.6. The molecule has 0 amide bonds. The number of nitrogens with two attached hydrogens (primary N) is 1. The number of phosphoric acid groups is 1. The zero-order valence-electron chi connectivity index (χ0n) is 40.5. The zero-order valence-corrected chi connectivity index (χ0v) is 41.4. The van der Waals surface area contributed by atoms with Crippen LogP contribution >= 0.6 is 7.82 Å². The average molecular weight is 928 g/mol. The highest BCUT2D eigenvalue weighted by Crippen LogP contribution is 2.43. The Hall–Kier alpha value is -3.37. The van der Waals surface area contributed by atoms with E-state index >= 15 is 0 Å². The van der Waals surface area contributed by atoms with Gasteiger partial charge in [0.15, 0.2) is 0 Å². The van der Waals surface area contributed by atoms with E-state index in [-0.39, 0.29) is 13.0 Å². The molecule has 0 rings (SSSR count). The standard InChI is InChI=1S/C54H90NO9P/c1-3-5-7-9-11-13-15-17-19-21-23-25-26-27-28-30-32-34-36-38-40-42-44-46-53(56)64-51(49-62-65(59,60)63-50-52(55)54(57)58)48-61-47-45-43-41-39-37-35-33-31-29-24-22-20-18-16-14-12-10-8-6-4-2/h5,7,11-14,17-20,23-25,27-29,32,34,51-52H,3-4,6,8-10,15-16,21-22,26,30-31,33,35-50,55H2,1-2H3,(H,57,58)(H,59,60)/b7-5-,13-11-,14-12-,19-17-,20-18-,25-23-,28-27-,29-24-,34-32-. The molecule has 0 radical (unpaired) electrons. The summed E-state index contributed by atoms with van der Waals surface area (Å²) in [6, 6.07) is -1.49. The number of phosphoric ester groups is 1. The Morgan fingerprint density at radius 3 is 1.34 bits per heavy atom. The first kappa shape index (κ1) is 61.6. The second kappa shape index (κ2) is 48.6. The minimum atomic E-state index is -4.64. The molecule has 65 heavy (non-hydrogen) atoms. The number of carboxylic acid groups (broad SMARTS) is 1. The number of esters is 1. The summed E-state index contributed by atoms with van der Waals surface area (Å²) in [4.78, 5) is 33.7. The maximum Gasteiger partial charge on any atom is 0.472 e. The van der Waals surface area contributed by atoms with Crippen LogP contribution < -0.4 is 5.73 Å². The molecule has 0 spiro atoms. The van der Waals surface area contributed by atoms with Crippen molar-refractivity contribution in [1.29, 1.82) is 0 Å². The van der Waals surface area contributed by atoms with Crippen molar-refractivity contribution in [2.45, 2.75) is 193 Å². The molecule has 3 atom stereocenters. The number of aliphatic carboxylic acids is 1. The quantitative estimate of drug-likeness (QED) is 0.0233. The molecule has 0 heterocycles. The van der Waals surface area contributed by atoms with Crippen molar-refractivity contribution >= 4 is 19.8 Å². The Morgan fingerprint density at radius 1 is 0.508 bits per heavy atom. The first-order valence-electron chi connectivity index (χ1n) is 24.9. The summed E-state index contributed by atoms with van der Waals surface area (Å²) < 4.78 is 33.5. The molecule has 0 fully saturated rings. The van der Waals surface area contributed by atoms with Crippen LogP contribution in [0.5, 0.6) is 0 Å². The maximum atomic E-state index is 12.7. The van der Waals surface area contributed by atoms with Crippen molar-refractivity contribution < 1.29 is 42.7 Å². The number of unbranched alkanes of at least 4 members (excludes halogenated alkanes) is 14. The predicted octanol–water partition coefficient (Wildman–Crippen LogP) is 14.6. The number of ether oxygens (including phenoxy) is 2. The summed E-state index contributed by atoms with van der Waals surface area (Å²) in [6.07, 6.45) is 65.6. The third-order valence-electron chi connectivity index (χ3n) is 10.0. The fourth-order valence-corrected chi connectivity index (χ4v) is 6.98. The van der Waals surface area contributed by atoms with Crippen LogP contribution in [0.15, 0.2) is 109 Å². The third kappa shape index (κ3) is 48.4. The van der Waals surface area contributed by atoms with E-state index in [0.29, 0.717) is 13.0 Å². The molecular weight excluding hydrogens is 838 g/mol. The first-order valence-corrected chi connectivity index (χ1v) is 26.4. The van der Waals surface area contributed by atoms with E-state index in [0.717, 1.165) is 103 Å². The summed E-state index contributed by atoms with van der Waals surface area (Å²) in [5.41, 5.74) is 5.37. The highest BCUT2D eigenvalue weighted by molar-refractivity contribution is 7.47. The van der Waals surface area contributed by atoms with Crippen molar-refractivity contribution in [3.8, 4) is 0 Å². The number of rotatable bonds is 46. The lowest BCUT2D eigenvalue weighted by molar-refractivity contribution is -0.154. The molecular formula is C54H90NO9P. The summed E-state index contributed by atoms with van der Waals surface area (Å²) in [6.45, 7) is 3.67. The van der Waals surface area contributed by atoms with Crippen molar-refractivity contribution in [3.63, 3.8) is 0 Å². The monoisotopic (exact) mass is 928 g/mol. The predicted molar refractivity (Wildman–Crippen MR) is 272 cm³/mol. The Kier molecular flexibility index (Phi) is 46.0. The van der Waals surface area contributed by atoms with Gasteiger partial charge in [-0.1, -0.05) is 181 Å². The maximum absolute atomic E-state index is 12.7. The van der Waals surface area contributed by atoms with Crippen LogP contribution in [0.1, 0.15) is 181 Å². The van der Waals surface area contributed by atoms with E-state index in [1.165, 1.54) is 51.4 Å². The minimum absolute atomic E-state index is 0.00812. The van der Waals surface area contributed by atoms with Gasteiger partial charge in [0.25, 0.3) is 0 Å². The highest BCUT2D eigenvalue weighted by Gasteiger charge is 2.27. The molecule has 0 saturated carbocycles. The summed E-state index contributed by atoms with van der Waals surface area (Å²) in [5, 5.41) is 8.93. The second-order valence-corrected chi connectivity index (χ2v) is 17.7. The molecule has 0 bridgehead atoms. The van der Waals surface area contributed by atoms with Crippen molar-refractivity contribution in [2.75, 3.05) is 26.4 Å². The highest BCUT2D eigenvalue weighted by atomic mass is 31.2. The van der Waals surface area contributed by atoms with E-state index in [9.17, 15) is 19.0 Å². The smallest absolute Gasteiger partial charge is 0.472 e. The van der Waals surface area contributed by atoms with Crippen LogP contribution in [-0.4, -0.2) is 60.5 Å². The van der Waals surface area contributed by atoms with Crippen molar-refractivity contribution in [3.05, 3.63) is 109 Å². The van der Waals surface area contributed by atoms with Crippen LogP contribution in [-0.2, 0) is 32.7 Å². The Balaban J connectivity index is 4.28. The van der Waals surface area contributed by atoms with Crippen molar-refractivity contribution in [2.24, 2.45) is 5.73 Å².